The summed E-state index contributed by atoms with van der Waals surface area (Å²) in [5.74, 6) is -0.147. The molecule has 210 valence electrons. The molecule has 0 spiro atoms. The Labute approximate surface area is 232 Å². The molecule has 4 aromatic rings. The van der Waals surface area contributed by atoms with E-state index in [0.29, 0.717) is 42.7 Å². The van der Waals surface area contributed by atoms with Crippen LogP contribution in [0.5, 0.6) is 0 Å². The molecule has 2 amide bonds. The van der Waals surface area contributed by atoms with Crippen molar-refractivity contribution in [3.8, 4) is 22.4 Å². The van der Waals surface area contributed by atoms with E-state index in [0.717, 1.165) is 23.4 Å². The molecule has 0 saturated carbocycles. The zero-order valence-electron chi connectivity index (χ0n) is 23.2. The maximum absolute atomic E-state index is 14.8. The first-order valence-corrected chi connectivity index (χ1v) is 13.3. The molecule has 0 bridgehead atoms. The van der Waals surface area contributed by atoms with Crippen molar-refractivity contribution in [1.82, 2.24) is 29.7 Å². The van der Waals surface area contributed by atoms with Crippen molar-refractivity contribution in [2.24, 2.45) is 0 Å². The van der Waals surface area contributed by atoms with Gasteiger partial charge in [0, 0.05) is 56.1 Å². The largest absolute Gasteiger partial charge is 0.450 e. The molecule has 0 aliphatic rings. The first-order valence-electron chi connectivity index (χ1n) is 13.3. The standard InChI is InChI=1S/C29H34FN7O3/c1-5-25(38)37(6-2)14-13-36(4)18-21-11-10-19(17-32-21)20-15-22(26-23(30)9-8-12-31-26)27-24(16-20)33-28(34-27)35-29(39)40-7-3/h8-12,15-17H,5-7,13-14,18H2,1-4H3,(H2,33,34,35,39). The highest BCUT2D eigenvalue weighted by molar-refractivity contribution is 5.97. The fourth-order valence-corrected chi connectivity index (χ4v) is 4.39. The van der Waals surface area contributed by atoms with E-state index in [1.54, 1.807) is 13.1 Å². The smallest absolute Gasteiger partial charge is 0.413 e. The molecular weight excluding hydrogens is 513 g/mol. The zero-order chi connectivity index (χ0) is 28.6. The Kier molecular flexibility index (Phi) is 9.39. The number of ether oxygens (including phenoxy) is 1. The molecule has 40 heavy (non-hydrogen) atoms. The van der Waals surface area contributed by atoms with E-state index >= 15 is 0 Å². The number of carbonyl (C=O) groups excluding carboxylic acids is 2. The van der Waals surface area contributed by atoms with Gasteiger partial charge in [0.25, 0.3) is 0 Å². The number of nitrogens with zero attached hydrogens (tertiary/aromatic N) is 5. The summed E-state index contributed by atoms with van der Waals surface area (Å²) in [6.07, 6.45) is 3.15. The topological polar surface area (TPSA) is 116 Å². The Bertz CT molecular complexity index is 1470. The SMILES string of the molecule is CCOC(=O)Nc1nc2c(-c3ncccc3F)cc(-c3ccc(CN(C)CCN(CC)C(=O)CC)nc3)cc2[nH]1. The number of anilines is 1. The van der Waals surface area contributed by atoms with Crippen molar-refractivity contribution < 1.29 is 18.7 Å². The number of hydrogen-bond donors (Lipinski definition) is 2. The van der Waals surface area contributed by atoms with Gasteiger partial charge in [-0.15, -0.1) is 0 Å². The predicted octanol–water partition coefficient (Wildman–Crippen LogP) is 5.08. The lowest BCUT2D eigenvalue weighted by molar-refractivity contribution is -0.130. The van der Waals surface area contributed by atoms with Crippen molar-refractivity contribution in [2.45, 2.75) is 33.7 Å². The number of aromatic amines is 1. The molecule has 0 atom stereocenters. The second-order valence-corrected chi connectivity index (χ2v) is 9.29. The van der Waals surface area contributed by atoms with E-state index in [9.17, 15) is 14.0 Å². The van der Waals surface area contributed by atoms with Crippen LogP contribution in [0, 0.1) is 5.82 Å². The molecule has 0 saturated heterocycles. The first kappa shape index (κ1) is 28.6. The zero-order valence-corrected chi connectivity index (χ0v) is 23.2. The van der Waals surface area contributed by atoms with E-state index in [1.807, 2.05) is 50.1 Å². The number of aromatic nitrogens is 4. The van der Waals surface area contributed by atoms with Gasteiger partial charge in [0.05, 0.1) is 17.8 Å². The molecule has 11 heteroatoms. The molecule has 2 N–H and O–H groups in total. The second-order valence-electron chi connectivity index (χ2n) is 9.29. The molecule has 0 aliphatic heterocycles. The molecule has 0 unspecified atom stereocenters. The number of hydrogen-bond acceptors (Lipinski definition) is 7. The average Bonchev–Trinajstić information content (AvgIpc) is 3.35. The maximum atomic E-state index is 14.8. The lowest BCUT2D eigenvalue weighted by Gasteiger charge is -2.24. The predicted molar refractivity (Wildman–Crippen MR) is 152 cm³/mol. The van der Waals surface area contributed by atoms with Gasteiger partial charge in [-0.05, 0) is 56.8 Å². The molecule has 10 nitrogen and oxygen atoms in total. The highest BCUT2D eigenvalue weighted by Crippen LogP contribution is 2.34. The van der Waals surface area contributed by atoms with Gasteiger partial charge in [-0.2, -0.15) is 0 Å². The number of imidazole rings is 1. The molecule has 0 aliphatic carbocycles. The second kappa shape index (κ2) is 13.1. The fraction of sp³-hybridized carbons (Fsp3) is 0.345. The number of fused-ring (bicyclic) bond motifs is 1. The average molecular weight is 548 g/mol. The number of likely N-dealkylation sites (N-methyl/N-ethyl adjacent to an activating group) is 2. The molecular formula is C29H34FN7O3. The Morgan fingerprint density at radius 3 is 2.58 bits per heavy atom. The van der Waals surface area contributed by atoms with Crippen LogP contribution in [0.3, 0.4) is 0 Å². The van der Waals surface area contributed by atoms with E-state index in [-0.39, 0.29) is 24.2 Å². The number of nitrogens with one attached hydrogen (secondary N) is 2. The summed E-state index contributed by atoms with van der Waals surface area (Å²) in [5, 5.41) is 2.56. The Morgan fingerprint density at radius 2 is 1.90 bits per heavy atom. The van der Waals surface area contributed by atoms with Crippen LogP contribution >= 0.6 is 0 Å². The van der Waals surface area contributed by atoms with Crippen LogP contribution in [0.2, 0.25) is 0 Å². The summed E-state index contributed by atoms with van der Waals surface area (Å²) in [7, 11) is 2.00. The highest BCUT2D eigenvalue weighted by Gasteiger charge is 2.18. The number of halogens is 1. The molecule has 0 radical (unpaired) electrons. The third-order valence-electron chi connectivity index (χ3n) is 6.47. The number of carbonyl (C=O) groups is 2. The third kappa shape index (κ3) is 6.78. The van der Waals surface area contributed by atoms with Crippen molar-refractivity contribution in [3.63, 3.8) is 0 Å². The van der Waals surface area contributed by atoms with Crippen LogP contribution in [0.15, 0.2) is 48.8 Å². The van der Waals surface area contributed by atoms with Crippen LogP contribution in [-0.4, -0.2) is 75.0 Å². The van der Waals surface area contributed by atoms with E-state index in [1.165, 1.54) is 18.3 Å². The van der Waals surface area contributed by atoms with Gasteiger partial charge in [0.2, 0.25) is 11.9 Å². The van der Waals surface area contributed by atoms with Crippen molar-refractivity contribution in [2.75, 3.05) is 38.6 Å². The van der Waals surface area contributed by atoms with Crippen LogP contribution < -0.4 is 5.32 Å². The Hall–Kier alpha value is -4.38. The monoisotopic (exact) mass is 547 g/mol. The van der Waals surface area contributed by atoms with Crippen LogP contribution in [0.25, 0.3) is 33.4 Å². The normalized spacial score (nSPS) is 11.2. The van der Waals surface area contributed by atoms with Crippen molar-refractivity contribution >= 4 is 29.0 Å². The van der Waals surface area contributed by atoms with Gasteiger partial charge in [-0.25, -0.2) is 14.2 Å². The molecule has 1 aromatic carbocycles. The van der Waals surface area contributed by atoms with E-state index in [4.69, 9.17) is 4.74 Å². The van der Waals surface area contributed by atoms with Crippen molar-refractivity contribution in [3.05, 3.63) is 60.3 Å². The first-order chi connectivity index (χ1) is 19.3. The number of H-pyrrole nitrogens is 1. The lowest BCUT2D eigenvalue weighted by Crippen LogP contribution is -2.37. The maximum Gasteiger partial charge on any atom is 0.413 e. The van der Waals surface area contributed by atoms with Crippen LogP contribution in [0.1, 0.15) is 32.9 Å². The van der Waals surface area contributed by atoms with Crippen LogP contribution in [0.4, 0.5) is 15.1 Å². The lowest BCUT2D eigenvalue weighted by atomic mass is 10.0. The molecule has 3 heterocycles. The van der Waals surface area contributed by atoms with Gasteiger partial charge in [0.1, 0.15) is 17.0 Å². The highest BCUT2D eigenvalue weighted by atomic mass is 19.1. The Morgan fingerprint density at radius 1 is 1.07 bits per heavy atom. The summed E-state index contributed by atoms with van der Waals surface area (Å²) in [5.41, 5.74) is 4.17. The van der Waals surface area contributed by atoms with Gasteiger partial charge >= 0.3 is 6.09 Å². The summed E-state index contributed by atoms with van der Waals surface area (Å²) < 4.78 is 19.7. The van der Waals surface area contributed by atoms with Crippen LogP contribution in [-0.2, 0) is 16.1 Å². The minimum atomic E-state index is -0.642. The minimum Gasteiger partial charge on any atom is -0.450 e. The van der Waals surface area contributed by atoms with Crippen molar-refractivity contribution in [1.29, 1.82) is 0 Å². The number of pyridine rings is 2. The van der Waals surface area contributed by atoms with Gasteiger partial charge in [-0.3, -0.25) is 25.0 Å². The van der Waals surface area contributed by atoms with E-state index < -0.39 is 11.9 Å². The summed E-state index contributed by atoms with van der Waals surface area (Å²) in [4.78, 5) is 44.4. The van der Waals surface area contributed by atoms with E-state index in [2.05, 4.69) is 30.2 Å². The number of amides is 2. The fourth-order valence-electron chi connectivity index (χ4n) is 4.39. The number of benzene rings is 1. The summed E-state index contributed by atoms with van der Waals surface area (Å²) in [6, 6.07) is 10.5. The Balaban J connectivity index is 1.59. The minimum absolute atomic E-state index is 0.150. The number of rotatable bonds is 11. The molecule has 4 rings (SSSR count). The molecule has 3 aromatic heterocycles. The van der Waals surface area contributed by atoms with Gasteiger partial charge in [-0.1, -0.05) is 13.0 Å². The molecule has 0 fully saturated rings. The summed E-state index contributed by atoms with van der Waals surface area (Å²) >= 11 is 0. The van der Waals surface area contributed by atoms with Gasteiger partial charge < -0.3 is 14.6 Å². The van der Waals surface area contributed by atoms with Gasteiger partial charge in [0.15, 0.2) is 0 Å². The quantitative estimate of drug-likeness (QED) is 0.269. The summed E-state index contributed by atoms with van der Waals surface area (Å²) in [6.45, 7) is 8.51. The third-order valence-corrected chi connectivity index (χ3v) is 6.47.